The summed E-state index contributed by atoms with van der Waals surface area (Å²) in [6.45, 7) is 4.44. The van der Waals surface area contributed by atoms with Crippen LogP contribution in [0.25, 0.3) is 22.0 Å². The number of pyridine rings is 1. The molecule has 0 bridgehead atoms. The number of hydrogen-bond acceptors (Lipinski definition) is 7. The second kappa shape index (κ2) is 14.5. The lowest BCUT2D eigenvalue weighted by Crippen LogP contribution is -2.52. The molecule has 2 amide bonds. The van der Waals surface area contributed by atoms with Crippen LogP contribution in [0, 0.1) is 11.8 Å². The molecule has 244 valence electrons. The summed E-state index contributed by atoms with van der Waals surface area (Å²) in [6.07, 6.45) is 5.24. The number of piperazine rings is 1. The van der Waals surface area contributed by atoms with Crippen molar-refractivity contribution in [2.75, 3.05) is 49.6 Å². The quantitative estimate of drug-likeness (QED) is 0.217. The van der Waals surface area contributed by atoms with Crippen molar-refractivity contribution < 1.29 is 9.59 Å². The van der Waals surface area contributed by atoms with Crippen molar-refractivity contribution in [3.05, 3.63) is 76.7 Å². The highest BCUT2D eigenvalue weighted by molar-refractivity contribution is 6.03. The molecular formula is C34H43ClN8O3. The Bertz CT molecular complexity index is 1720. The summed E-state index contributed by atoms with van der Waals surface area (Å²) in [5.41, 5.74) is 15.7. The number of carbonyl (C=O) groups is 2. The van der Waals surface area contributed by atoms with E-state index in [0.29, 0.717) is 41.9 Å². The minimum Gasteiger partial charge on any atom is -0.368 e. The van der Waals surface area contributed by atoms with Gasteiger partial charge in [-0.3, -0.25) is 29.5 Å². The molecular weight excluding hydrogens is 604 g/mol. The number of likely N-dealkylation sites (N-methyl/N-ethyl adjacent to an activating group) is 1. The van der Waals surface area contributed by atoms with Crippen LogP contribution in [0.2, 0.25) is 0 Å². The second-order valence-corrected chi connectivity index (χ2v) is 12.5. The van der Waals surface area contributed by atoms with E-state index < -0.39 is 11.9 Å². The highest BCUT2D eigenvalue weighted by Crippen LogP contribution is 2.33. The van der Waals surface area contributed by atoms with Gasteiger partial charge in [0.25, 0.3) is 5.56 Å². The number of amides is 2. The van der Waals surface area contributed by atoms with Gasteiger partial charge in [0.15, 0.2) is 0 Å². The summed E-state index contributed by atoms with van der Waals surface area (Å²) >= 11 is 0. The summed E-state index contributed by atoms with van der Waals surface area (Å²) in [6, 6.07) is 16.3. The Morgan fingerprint density at radius 3 is 2.43 bits per heavy atom. The molecule has 0 radical (unpaired) electrons. The number of nitrogens with zero attached hydrogens (tertiary/aromatic N) is 4. The lowest BCUT2D eigenvalue weighted by atomic mass is 9.81. The van der Waals surface area contributed by atoms with E-state index in [1.165, 1.54) is 0 Å². The van der Waals surface area contributed by atoms with Gasteiger partial charge in [-0.1, -0.05) is 24.3 Å². The van der Waals surface area contributed by atoms with Gasteiger partial charge in [-0.15, -0.1) is 12.4 Å². The number of primary amides is 1. The van der Waals surface area contributed by atoms with Crippen LogP contribution in [0.4, 0.5) is 11.5 Å². The van der Waals surface area contributed by atoms with Crippen LogP contribution in [0.15, 0.2) is 65.6 Å². The number of H-pyrrole nitrogens is 2. The molecule has 1 saturated carbocycles. The lowest BCUT2D eigenvalue weighted by molar-refractivity contribution is -0.127. The van der Waals surface area contributed by atoms with Crippen LogP contribution in [0.1, 0.15) is 31.2 Å². The highest BCUT2D eigenvalue weighted by atomic mass is 35.5. The van der Waals surface area contributed by atoms with Crippen molar-refractivity contribution in [2.24, 2.45) is 23.3 Å². The highest BCUT2D eigenvalue weighted by Gasteiger charge is 2.36. The lowest BCUT2D eigenvalue weighted by Gasteiger charge is -2.35. The largest absolute Gasteiger partial charge is 0.368 e. The third-order valence-electron chi connectivity index (χ3n) is 9.51. The number of anilines is 2. The van der Waals surface area contributed by atoms with Gasteiger partial charge in [-0.25, -0.2) is 4.98 Å². The molecule has 3 heterocycles. The van der Waals surface area contributed by atoms with Gasteiger partial charge in [0.1, 0.15) is 11.9 Å². The van der Waals surface area contributed by atoms with E-state index in [0.717, 1.165) is 61.5 Å². The van der Waals surface area contributed by atoms with E-state index in [4.69, 9.17) is 11.5 Å². The van der Waals surface area contributed by atoms with Gasteiger partial charge in [0.2, 0.25) is 11.8 Å². The Balaban J connectivity index is 0.00000417. The molecule has 0 spiro atoms. The number of rotatable bonds is 9. The van der Waals surface area contributed by atoms with Gasteiger partial charge >= 0.3 is 0 Å². The fourth-order valence-corrected chi connectivity index (χ4v) is 6.70. The molecule has 2 aromatic heterocycles. The molecule has 6 rings (SSSR count). The Kier molecular flexibility index (Phi) is 10.5. The predicted octanol–water partition coefficient (Wildman–Crippen LogP) is 3.29. The van der Waals surface area contributed by atoms with Crippen LogP contribution < -0.4 is 26.8 Å². The third-order valence-corrected chi connectivity index (χ3v) is 9.51. The SMILES string of the molecule is CN1CCN(c2cc(-c3cccc(C[C@@H](C(N)=O)N(c4ccc5c(=O)[nH][nH]c5c4)C(=O)[C@H]4CC[C@H](CN)CC4)c3)ccn2)CC1.Cl. The van der Waals surface area contributed by atoms with Crippen molar-refractivity contribution in [1.29, 1.82) is 0 Å². The maximum Gasteiger partial charge on any atom is 0.271 e. The standard InChI is InChI=1S/C34H42N8O3.ClH/c1-40-13-15-41(16-14-40)31-19-26(11-12-37-31)25-4-2-3-23(17-25)18-30(32(36)43)42(34(45)24-7-5-22(21-35)6-8-24)27-9-10-28-29(20-27)38-39-33(28)44;/h2-4,9-12,17,19-20,22,24,30H,5-8,13-16,18,21,35H2,1H3,(H2,36,43)(H2,38,39,44);1H/t22-,24-,30-;/m0./s1. The minimum absolute atomic E-state index is 0. The molecule has 1 aliphatic carbocycles. The molecule has 12 heteroatoms. The van der Waals surface area contributed by atoms with Crippen molar-refractivity contribution in [3.8, 4) is 11.1 Å². The number of aromatic nitrogens is 3. The zero-order chi connectivity index (χ0) is 31.5. The normalized spacial score (nSPS) is 19.4. The number of carbonyl (C=O) groups excluding carboxylic acids is 2. The van der Waals surface area contributed by atoms with E-state index in [1.807, 2.05) is 30.5 Å². The number of nitrogens with two attached hydrogens (primary N) is 2. The number of halogens is 1. The average molecular weight is 647 g/mol. The summed E-state index contributed by atoms with van der Waals surface area (Å²) in [7, 11) is 2.13. The first-order valence-electron chi connectivity index (χ1n) is 15.8. The topological polar surface area (TPSA) is 157 Å². The first kappa shape index (κ1) is 33.2. The maximum atomic E-state index is 14.3. The molecule has 1 aliphatic heterocycles. The maximum absolute atomic E-state index is 14.3. The molecule has 6 N–H and O–H groups in total. The zero-order valence-electron chi connectivity index (χ0n) is 26.2. The molecule has 2 aromatic carbocycles. The molecule has 1 saturated heterocycles. The molecule has 4 aromatic rings. The smallest absolute Gasteiger partial charge is 0.271 e. The van der Waals surface area contributed by atoms with Crippen molar-refractivity contribution in [2.45, 2.75) is 38.1 Å². The second-order valence-electron chi connectivity index (χ2n) is 12.5. The average Bonchev–Trinajstić information content (AvgIpc) is 3.44. The number of hydrogen-bond donors (Lipinski definition) is 4. The number of nitrogens with one attached hydrogen (secondary N) is 2. The summed E-state index contributed by atoms with van der Waals surface area (Å²) in [4.78, 5) is 50.5. The van der Waals surface area contributed by atoms with E-state index in [9.17, 15) is 14.4 Å². The summed E-state index contributed by atoms with van der Waals surface area (Å²) in [5.74, 6) is 0.387. The van der Waals surface area contributed by atoms with Gasteiger partial charge in [-0.05, 0) is 92.2 Å². The van der Waals surface area contributed by atoms with Crippen molar-refractivity contribution >= 4 is 46.6 Å². The third kappa shape index (κ3) is 7.11. The molecule has 46 heavy (non-hydrogen) atoms. The van der Waals surface area contributed by atoms with Crippen molar-refractivity contribution in [3.63, 3.8) is 0 Å². The van der Waals surface area contributed by atoms with Gasteiger partial charge in [0, 0.05) is 50.4 Å². The number of benzene rings is 2. The van der Waals surface area contributed by atoms with Crippen LogP contribution in [-0.2, 0) is 16.0 Å². The minimum atomic E-state index is -0.929. The van der Waals surface area contributed by atoms with E-state index in [-0.39, 0.29) is 36.2 Å². The molecule has 11 nitrogen and oxygen atoms in total. The van der Waals surface area contributed by atoms with Crippen molar-refractivity contribution in [1.82, 2.24) is 20.1 Å². The van der Waals surface area contributed by atoms with Gasteiger partial charge in [0.05, 0.1) is 10.9 Å². The zero-order valence-corrected chi connectivity index (χ0v) is 27.0. The fraction of sp³-hybridized carbons (Fsp3) is 0.412. The van der Waals surface area contributed by atoms with E-state index >= 15 is 0 Å². The Hall–Kier alpha value is -4.19. The molecule has 1 atom stereocenters. The fourth-order valence-electron chi connectivity index (χ4n) is 6.70. The van der Waals surface area contributed by atoms with Gasteiger partial charge < -0.3 is 21.3 Å². The van der Waals surface area contributed by atoms with Crippen LogP contribution in [0.3, 0.4) is 0 Å². The Morgan fingerprint density at radius 2 is 1.72 bits per heavy atom. The summed E-state index contributed by atoms with van der Waals surface area (Å²) < 4.78 is 0. The first-order valence-corrected chi connectivity index (χ1v) is 15.8. The molecule has 2 fully saturated rings. The van der Waals surface area contributed by atoms with Gasteiger partial charge in [-0.2, -0.15) is 0 Å². The number of aromatic amines is 2. The van der Waals surface area contributed by atoms with E-state index in [1.54, 1.807) is 23.1 Å². The summed E-state index contributed by atoms with van der Waals surface area (Å²) in [5, 5.41) is 5.94. The molecule has 0 unspecified atom stereocenters. The Labute approximate surface area is 274 Å². The number of fused-ring (bicyclic) bond motifs is 1. The predicted molar refractivity (Wildman–Crippen MR) is 184 cm³/mol. The molecule has 2 aliphatic rings. The van der Waals surface area contributed by atoms with Crippen LogP contribution in [0.5, 0.6) is 0 Å². The van der Waals surface area contributed by atoms with Crippen LogP contribution >= 0.6 is 12.4 Å². The monoisotopic (exact) mass is 646 g/mol. The first-order chi connectivity index (χ1) is 21.8. The van der Waals surface area contributed by atoms with Crippen LogP contribution in [-0.4, -0.2) is 77.7 Å². The van der Waals surface area contributed by atoms with E-state index in [2.05, 4.69) is 44.2 Å². The Morgan fingerprint density at radius 1 is 0.978 bits per heavy atom.